The number of fused-ring (bicyclic) bond motifs is 1. The van der Waals surface area contributed by atoms with Crippen LogP contribution in [-0.4, -0.2) is 26.9 Å². The average Bonchev–Trinajstić information content (AvgIpc) is 2.84. The van der Waals surface area contributed by atoms with Gasteiger partial charge in [-0.2, -0.15) is 0 Å². The number of hydrogen-bond donors (Lipinski definition) is 0. The highest BCUT2D eigenvalue weighted by atomic mass is 79.9. The molecule has 0 bridgehead atoms. The number of para-hydroxylation sites is 1. The maximum atomic E-state index is 13.8. The zero-order valence-electron chi connectivity index (χ0n) is 20.1. The van der Waals surface area contributed by atoms with E-state index in [4.69, 9.17) is 16.6 Å². The van der Waals surface area contributed by atoms with Crippen molar-refractivity contribution in [2.75, 3.05) is 6.54 Å². The summed E-state index contributed by atoms with van der Waals surface area (Å²) in [7, 11) is 0. The second-order valence-electron chi connectivity index (χ2n) is 9.05. The van der Waals surface area contributed by atoms with Crippen LogP contribution in [0.25, 0.3) is 16.6 Å². The number of nitrogens with zero attached hydrogens (tertiary/aromatic N) is 3. The molecule has 0 spiro atoms. The van der Waals surface area contributed by atoms with Crippen molar-refractivity contribution in [3.8, 4) is 5.69 Å². The van der Waals surface area contributed by atoms with Gasteiger partial charge in [0.15, 0.2) is 0 Å². The second kappa shape index (κ2) is 10.3. The van der Waals surface area contributed by atoms with Gasteiger partial charge in [0.05, 0.1) is 22.6 Å². The zero-order valence-corrected chi connectivity index (χ0v) is 22.5. The molecule has 0 radical (unpaired) electrons. The summed E-state index contributed by atoms with van der Waals surface area (Å²) in [4.78, 5) is 34.2. The van der Waals surface area contributed by atoms with Crippen LogP contribution in [-0.2, 0) is 0 Å². The minimum absolute atomic E-state index is 0.115. The number of hydrogen-bond acceptors (Lipinski definition) is 3. The second-order valence-corrected chi connectivity index (χ2v) is 10.4. The van der Waals surface area contributed by atoms with Crippen molar-refractivity contribution in [2.45, 2.75) is 33.7 Å². The van der Waals surface area contributed by atoms with E-state index in [-0.39, 0.29) is 17.4 Å². The Balaban J connectivity index is 1.95. The molecule has 1 atom stereocenters. The van der Waals surface area contributed by atoms with E-state index in [1.54, 1.807) is 33.7 Å². The molecule has 4 rings (SSSR count). The van der Waals surface area contributed by atoms with E-state index >= 15 is 0 Å². The van der Waals surface area contributed by atoms with Crippen LogP contribution in [0.3, 0.4) is 0 Å². The van der Waals surface area contributed by atoms with Crippen LogP contribution in [0.1, 0.15) is 48.6 Å². The van der Waals surface area contributed by atoms with E-state index in [0.717, 1.165) is 10.0 Å². The summed E-state index contributed by atoms with van der Waals surface area (Å²) in [5.74, 6) is 0.589. The quantitative estimate of drug-likeness (QED) is 0.260. The van der Waals surface area contributed by atoms with E-state index in [1.165, 1.54) is 0 Å². The third-order valence-electron chi connectivity index (χ3n) is 6.04. The highest BCUT2D eigenvalue weighted by Gasteiger charge is 2.28. The molecule has 1 heterocycles. The highest BCUT2D eigenvalue weighted by molar-refractivity contribution is 9.10. The number of carbonyl (C=O) groups excluding carboxylic acids is 1. The molecule has 7 heteroatoms. The highest BCUT2D eigenvalue weighted by Crippen LogP contribution is 2.28. The first kappa shape index (κ1) is 25.1. The lowest BCUT2D eigenvalue weighted by Crippen LogP contribution is -2.39. The summed E-state index contributed by atoms with van der Waals surface area (Å²) in [6, 6.07) is 19.6. The normalized spacial score (nSPS) is 12.2. The molecular weight excluding hydrogens is 526 g/mol. The van der Waals surface area contributed by atoms with Gasteiger partial charge in [-0.05, 0) is 73.9 Å². The monoisotopic (exact) mass is 551 g/mol. The molecule has 1 amide bonds. The Bertz CT molecular complexity index is 1450. The van der Waals surface area contributed by atoms with E-state index in [1.807, 2.05) is 56.3 Å². The topological polar surface area (TPSA) is 55.2 Å². The van der Waals surface area contributed by atoms with E-state index in [9.17, 15) is 9.59 Å². The SMILES string of the molecule is Cc1c(Cl)cccc1-n1c(C(C)N(CC(C)C)C(=O)c2ccc(Br)cc2)nc2ccccc2c1=O. The van der Waals surface area contributed by atoms with Gasteiger partial charge in [-0.15, -0.1) is 0 Å². The smallest absolute Gasteiger partial charge is 0.266 e. The lowest BCUT2D eigenvalue weighted by molar-refractivity contribution is 0.0655. The minimum atomic E-state index is -0.482. The van der Waals surface area contributed by atoms with Crippen molar-refractivity contribution in [1.29, 1.82) is 0 Å². The van der Waals surface area contributed by atoms with Gasteiger partial charge in [0.2, 0.25) is 0 Å². The molecular formula is C28H27BrClN3O2. The fourth-order valence-corrected chi connectivity index (χ4v) is 4.64. The van der Waals surface area contributed by atoms with E-state index in [0.29, 0.717) is 39.5 Å². The predicted octanol–water partition coefficient (Wildman–Crippen LogP) is 6.97. The number of halogens is 2. The van der Waals surface area contributed by atoms with E-state index < -0.39 is 6.04 Å². The molecule has 3 aromatic carbocycles. The Kier molecular flexibility index (Phi) is 7.43. The number of amides is 1. The Hall–Kier alpha value is -2.96. The van der Waals surface area contributed by atoms with Crippen LogP contribution in [0.5, 0.6) is 0 Å². The molecule has 0 fully saturated rings. The van der Waals surface area contributed by atoms with Gasteiger partial charge in [-0.1, -0.05) is 59.6 Å². The van der Waals surface area contributed by atoms with E-state index in [2.05, 4.69) is 29.8 Å². The standard InChI is InChI=1S/C28H27BrClN3O2/c1-17(2)16-32(27(34)20-12-14-21(29)15-13-20)19(4)26-31-24-10-6-5-8-22(24)28(35)33(26)25-11-7-9-23(30)18(25)3/h5-15,17,19H,16H2,1-4H3. The summed E-state index contributed by atoms with van der Waals surface area (Å²) in [5.41, 5.74) is 2.41. The summed E-state index contributed by atoms with van der Waals surface area (Å²) in [5, 5.41) is 1.07. The first-order chi connectivity index (χ1) is 16.7. The van der Waals surface area contributed by atoms with Crippen LogP contribution >= 0.6 is 27.5 Å². The van der Waals surface area contributed by atoms with Gasteiger partial charge in [-0.25, -0.2) is 4.98 Å². The fourth-order valence-electron chi connectivity index (χ4n) is 4.21. The number of rotatable bonds is 6. The van der Waals surface area contributed by atoms with Gasteiger partial charge in [-0.3, -0.25) is 14.2 Å². The fraction of sp³-hybridized carbons (Fsp3) is 0.250. The predicted molar refractivity (Wildman–Crippen MR) is 146 cm³/mol. The molecule has 180 valence electrons. The molecule has 0 aliphatic heterocycles. The lowest BCUT2D eigenvalue weighted by atomic mass is 10.1. The zero-order chi connectivity index (χ0) is 25.3. The summed E-state index contributed by atoms with van der Waals surface area (Å²) < 4.78 is 2.51. The molecule has 5 nitrogen and oxygen atoms in total. The van der Waals surface area contributed by atoms with Crippen LogP contribution < -0.4 is 5.56 Å². The molecule has 35 heavy (non-hydrogen) atoms. The van der Waals surface area contributed by atoms with Gasteiger partial charge < -0.3 is 4.90 Å². The summed E-state index contributed by atoms with van der Waals surface area (Å²) in [6.45, 7) is 8.44. The summed E-state index contributed by atoms with van der Waals surface area (Å²) in [6.07, 6.45) is 0. The van der Waals surface area contributed by atoms with Gasteiger partial charge in [0, 0.05) is 21.6 Å². The first-order valence-electron chi connectivity index (χ1n) is 11.5. The Labute approximate surface area is 218 Å². The van der Waals surface area contributed by atoms with Crippen molar-refractivity contribution < 1.29 is 4.79 Å². The van der Waals surface area contributed by atoms with Gasteiger partial charge in [0.1, 0.15) is 5.82 Å². The Morgan fingerprint density at radius 2 is 1.71 bits per heavy atom. The third kappa shape index (κ3) is 5.04. The minimum Gasteiger partial charge on any atom is -0.328 e. The number of carbonyl (C=O) groups is 1. The maximum Gasteiger partial charge on any atom is 0.266 e. The van der Waals surface area contributed by atoms with Crippen LogP contribution in [0.2, 0.25) is 5.02 Å². The molecule has 0 aliphatic rings. The van der Waals surface area contributed by atoms with Crippen LogP contribution in [0.15, 0.2) is 76.0 Å². The van der Waals surface area contributed by atoms with Crippen molar-refractivity contribution in [2.24, 2.45) is 5.92 Å². The van der Waals surface area contributed by atoms with Crippen LogP contribution in [0, 0.1) is 12.8 Å². The molecule has 0 saturated heterocycles. The third-order valence-corrected chi connectivity index (χ3v) is 6.97. The average molecular weight is 553 g/mol. The van der Waals surface area contributed by atoms with Crippen molar-refractivity contribution in [3.05, 3.63) is 104 Å². The lowest BCUT2D eigenvalue weighted by Gasteiger charge is -2.32. The largest absolute Gasteiger partial charge is 0.328 e. The Morgan fingerprint density at radius 3 is 2.40 bits per heavy atom. The van der Waals surface area contributed by atoms with Gasteiger partial charge in [0.25, 0.3) is 11.5 Å². The van der Waals surface area contributed by atoms with Gasteiger partial charge >= 0.3 is 0 Å². The van der Waals surface area contributed by atoms with Crippen molar-refractivity contribution in [3.63, 3.8) is 0 Å². The molecule has 0 N–H and O–H groups in total. The molecule has 0 aliphatic carbocycles. The Morgan fingerprint density at radius 1 is 1.03 bits per heavy atom. The van der Waals surface area contributed by atoms with Crippen molar-refractivity contribution >= 4 is 44.3 Å². The first-order valence-corrected chi connectivity index (χ1v) is 12.7. The number of aromatic nitrogens is 2. The number of benzene rings is 3. The molecule has 1 aromatic heterocycles. The van der Waals surface area contributed by atoms with Crippen molar-refractivity contribution in [1.82, 2.24) is 14.5 Å². The van der Waals surface area contributed by atoms with Crippen LogP contribution in [0.4, 0.5) is 0 Å². The molecule has 4 aromatic rings. The molecule has 0 saturated carbocycles. The summed E-state index contributed by atoms with van der Waals surface area (Å²) >= 11 is 9.87. The molecule has 1 unspecified atom stereocenters. The maximum absolute atomic E-state index is 13.8.